The van der Waals surface area contributed by atoms with E-state index in [1.54, 1.807) is 35.4 Å². The minimum absolute atomic E-state index is 0.0390. The van der Waals surface area contributed by atoms with Gasteiger partial charge in [0.25, 0.3) is 0 Å². The van der Waals surface area contributed by atoms with Gasteiger partial charge in [-0.2, -0.15) is 0 Å². The van der Waals surface area contributed by atoms with Gasteiger partial charge < -0.3 is 25.0 Å². The van der Waals surface area contributed by atoms with Gasteiger partial charge in [0, 0.05) is 24.1 Å². The molecular weight excluding hydrogens is 338 g/mol. The van der Waals surface area contributed by atoms with E-state index < -0.39 is 11.9 Å². The lowest BCUT2D eigenvalue weighted by Gasteiger charge is -2.25. The molecule has 2 amide bonds. The third kappa shape index (κ3) is 3.16. The van der Waals surface area contributed by atoms with Gasteiger partial charge in [-0.05, 0) is 35.9 Å². The van der Waals surface area contributed by atoms with Crippen molar-refractivity contribution >= 4 is 29.3 Å². The van der Waals surface area contributed by atoms with E-state index in [0.29, 0.717) is 17.9 Å². The van der Waals surface area contributed by atoms with Crippen molar-refractivity contribution in [3.8, 4) is 0 Å². The van der Waals surface area contributed by atoms with Crippen LogP contribution < -0.4 is 15.5 Å². The monoisotopic (exact) mass is 355 g/mol. The summed E-state index contributed by atoms with van der Waals surface area (Å²) in [5.41, 5.74) is 2.27. The first kappa shape index (κ1) is 17.3. The number of nitrogens with one attached hydrogen (secondary N) is 2. The van der Waals surface area contributed by atoms with Gasteiger partial charge in [0.15, 0.2) is 0 Å². The van der Waals surface area contributed by atoms with Gasteiger partial charge >= 0.3 is 18.0 Å². The molecule has 2 heterocycles. The number of allylic oxidation sites excluding steroid dienone is 2. The minimum atomic E-state index is -0.675. The number of fused-ring (bicyclic) bond motifs is 1. The van der Waals surface area contributed by atoms with Crippen LogP contribution in [0.4, 0.5) is 16.2 Å². The zero-order valence-electron chi connectivity index (χ0n) is 14.2. The number of benzene rings is 1. The number of carbonyl (C=O) groups excluding carboxylic acids is 3. The summed E-state index contributed by atoms with van der Waals surface area (Å²) in [6.45, 7) is 0.353. The molecule has 0 unspecified atom stereocenters. The second-order valence-electron chi connectivity index (χ2n) is 5.47. The predicted molar refractivity (Wildman–Crippen MR) is 94.1 cm³/mol. The maximum absolute atomic E-state index is 12.4. The minimum Gasteiger partial charge on any atom is -0.465 e. The van der Waals surface area contributed by atoms with E-state index in [2.05, 4.69) is 10.6 Å². The molecule has 1 aromatic carbocycles. The highest BCUT2D eigenvalue weighted by Gasteiger charge is 2.28. The average molecular weight is 355 g/mol. The Morgan fingerprint density at radius 1 is 1.12 bits per heavy atom. The van der Waals surface area contributed by atoms with Gasteiger partial charge in [0.1, 0.15) is 5.70 Å². The number of amides is 2. The molecule has 0 aliphatic carbocycles. The molecule has 0 aromatic heterocycles. The summed E-state index contributed by atoms with van der Waals surface area (Å²) in [6.07, 6.45) is 6.47. The Balaban J connectivity index is 2.11. The van der Waals surface area contributed by atoms with Crippen LogP contribution >= 0.6 is 0 Å². The van der Waals surface area contributed by atoms with Crippen molar-refractivity contribution in [1.29, 1.82) is 0 Å². The van der Waals surface area contributed by atoms with Crippen molar-refractivity contribution in [2.45, 2.75) is 6.54 Å². The summed E-state index contributed by atoms with van der Waals surface area (Å²) in [5, 5.41) is 5.39. The topological polar surface area (TPSA) is 97.0 Å². The van der Waals surface area contributed by atoms with E-state index in [1.165, 1.54) is 20.3 Å². The summed E-state index contributed by atoms with van der Waals surface area (Å²) in [6, 6.07) is 5.02. The highest BCUT2D eigenvalue weighted by atomic mass is 16.5. The van der Waals surface area contributed by atoms with Crippen LogP contribution in [0.3, 0.4) is 0 Å². The first-order valence-electron chi connectivity index (χ1n) is 7.78. The SMILES string of the molecule is COC(=O)C1=C(C(=O)OC)N(c2ccc3c(c2)CNC(=O)N3)C=CC=C1. The van der Waals surface area contributed by atoms with Crippen molar-refractivity contribution in [2.75, 3.05) is 24.4 Å². The number of esters is 2. The summed E-state index contributed by atoms with van der Waals surface area (Å²) in [4.78, 5) is 37.5. The molecule has 2 aliphatic heterocycles. The number of urea groups is 1. The van der Waals surface area contributed by atoms with Gasteiger partial charge in [-0.25, -0.2) is 14.4 Å². The van der Waals surface area contributed by atoms with Gasteiger partial charge in [-0.1, -0.05) is 6.08 Å². The highest BCUT2D eigenvalue weighted by Crippen LogP contribution is 2.30. The molecule has 0 radical (unpaired) electrons. The molecule has 8 nitrogen and oxygen atoms in total. The molecule has 0 saturated heterocycles. The molecule has 26 heavy (non-hydrogen) atoms. The summed E-state index contributed by atoms with van der Waals surface area (Å²) < 4.78 is 9.65. The zero-order chi connectivity index (χ0) is 18.7. The Bertz CT molecular complexity index is 870. The van der Waals surface area contributed by atoms with Crippen LogP contribution in [0, 0.1) is 0 Å². The number of hydrogen-bond acceptors (Lipinski definition) is 6. The van der Waals surface area contributed by atoms with Crippen LogP contribution in [0.1, 0.15) is 5.56 Å². The third-order valence-corrected chi connectivity index (χ3v) is 3.94. The molecule has 0 fully saturated rings. The number of hydrogen-bond donors (Lipinski definition) is 2. The Labute approximate surface area is 149 Å². The number of rotatable bonds is 3. The van der Waals surface area contributed by atoms with E-state index in [9.17, 15) is 14.4 Å². The summed E-state index contributed by atoms with van der Waals surface area (Å²) in [5.74, 6) is -1.33. The molecule has 2 aliphatic rings. The third-order valence-electron chi connectivity index (χ3n) is 3.94. The van der Waals surface area contributed by atoms with Gasteiger partial charge in [0.2, 0.25) is 0 Å². The Morgan fingerprint density at radius 2 is 1.88 bits per heavy atom. The second kappa shape index (κ2) is 7.14. The van der Waals surface area contributed by atoms with Crippen LogP contribution in [-0.4, -0.2) is 32.2 Å². The molecule has 0 saturated carbocycles. The van der Waals surface area contributed by atoms with Gasteiger partial charge in [-0.3, -0.25) is 0 Å². The zero-order valence-corrected chi connectivity index (χ0v) is 14.2. The quantitative estimate of drug-likeness (QED) is 0.803. The van der Waals surface area contributed by atoms with Crippen molar-refractivity contribution < 1.29 is 23.9 Å². The van der Waals surface area contributed by atoms with E-state index >= 15 is 0 Å². The fraction of sp³-hybridized carbons (Fsp3) is 0.167. The molecule has 8 heteroatoms. The molecular formula is C18H17N3O5. The number of anilines is 2. The summed E-state index contributed by atoms with van der Waals surface area (Å²) >= 11 is 0. The Morgan fingerprint density at radius 3 is 2.62 bits per heavy atom. The van der Waals surface area contributed by atoms with Crippen molar-refractivity contribution in [1.82, 2.24) is 5.32 Å². The van der Waals surface area contributed by atoms with E-state index in [0.717, 1.165) is 5.56 Å². The molecule has 2 N–H and O–H groups in total. The van der Waals surface area contributed by atoms with E-state index in [1.807, 2.05) is 6.07 Å². The molecule has 1 aromatic rings. The Kier molecular flexibility index (Phi) is 4.74. The normalized spacial score (nSPS) is 15.6. The molecule has 134 valence electrons. The van der Waals surface area contributed by atoms with Crippen LogP contribution in [0.5, 0.6) is 0 Å². The van der Waals surface area contributed by atoms with E-state index in [4.69, 9.17) is 9.47 Å². The van der Waals surface area contributed by atoms with E-state index in [-0.39, 0.29) is 17.3 Å². The number of carbonyl (C=O) groups is 3. The average Bonchev–Trinajstić information content (AvgIpc) is 2.89. The molecule has 0 spiro atoms. The lowest BCUT2D eigenvalue weighted by molar-refractivity contribution is -0.139. The fourth-order valence-electron chi connectivity index (χ4n) is 2.71. The summed E-state index contributed by atoms with van der Waals surface area (Å²) in [7, 11) is 2.49. The first-order valence-corrected chi connectivity index (χ1v) is 7.78. The van der Waals surface area contributed by atoms with Crippen molar-refractivity contribution in [3.63, 3.8) is 0 Å². The van der Waals surface area contributed by atoms with Crippen molar-refractivity contribution in [3.05, 3.63) is 59.5 Å². The van der Waals surface area contributed by atoms with Gasteiger partial charge in [0.05, 0.1) is 19.8 Å². The van der Waals surface area contributed by atoms with Crippen LogP contribution in [-0.2, 0) is 25.6 Å². The maximum atomic E-state index is 12.4. The molecule has 3 rings (SSSR count). The smallest absolute Gasteiger partial charge is 0.355 e. The fourth-order valence-corrected chi connectivity index (χ4v) is 2.71. The van der Waals surface area contributed by atoms with Crippen molar-refractivity contribution in [2.24, 2.45) is 0 Å². The number of nitrogens with zero attached hydrogens (tertiary/aromatic N) is 1. The number of ether oxygens (including phenoxy) is 2. The lowest BCUT2D eigenvalue weighted by atomic mass is 10.1. The highest BCUT2D eigenvalue weighted by molar-refractivity contribution is 6.05. The first-order chi connectivity index (χ1) is 12.5. The number of methoxy groups -OCH3 is 2. The second-order valence-corrected chi connectivity index (χ2v) is 5.47. The molecule has 0 bridgehead atoms. The maximum Gasteiger partial charge on any atom is 0.355 e. The lowest BCUT2D eigenvalue weighted by Crippen LogP contribution is -2.33. The largest absolute Gasteiger partial charge is 0.465 e. The van der Waals surface area contributed by atoms with Crippen LogP contribution in [0.25, 0.3) is 0 Å². The molecule has 0 atom stereocenters. The van der Waals surface area contributed by atoms with Crippen LogP contribution in [0.15, 0.2) is 53.9 Å². The standard InChI is InChI=1S/C18H17N3O5/c1-25-16(22)13-5-3-4-8-21(15(13)17(23)26-2)12-6-7-14-11(9-12)10-19-18(24)20-14/h3-9H,10H2,1-2H3,(H2,19,20,24). The van der Waals surface area contributed by atoms with Crippen LogP contribution in [0.2, 0.25) is 0 Å². The predicted octanol–water partition coefficient (Wildman–Crippen LogP) is 1.81. The van der Waals surface area contributed by atoms with Gasteiger partial charge in [-0.15, -0.1) is 0 Å². The Hall–Kier alpha value is -3.55.